The van der Waals surface area contributed by atoms with Crippen LogP contribution in [0.25, 0.3) is 0 Å². The van der Waals surface area contributed by atoms with E-state index < -0.39 is 29.3 Å². The van der Waals surface area contributed by atoms with Gasteiger partial charge in [0.05, 0.1) is 0 Å². The molecule has 0 bridgehead atoms. The number of alkyl halides is 3. The Morgan fingerprint density at radius 3 is 2.23 bits per heavy atom. The minimum absolute atomic E-state index is 0. The SMILES string of the molecule is Cl.Cl.Oc1c(F)cc(Cl)cc1[C@H](N1CCNCC1)C(F)(F)F. The van der Waals surface area contributed by atoms with E-state index in [-0.39, 0.29) is 42.9 Å². The van der Waals surface area contributed by atoms with Crippen LogP contribution in [0.3, 0.4) is 0 Å². The van der Waals surface area contributed by atoms with Crippen LogP contribution in [0, 0.1) is 5.82 Å². The van der Waals surface area contributed by atoms with Crippen molar-refractivity contribution in [3.8, 4) is 5.75 Å². The average Bonchev–Trinajstić information content (AvgIpc) is 2.35. The summed E-state index contributed by atoms with van der Waals surface area (Å²) in [5, 5.41) is 12.4. The Kier molecular flexibility index (Phi) is 8.22. The molecule has 0 radical (unpaired) electrons. The monoisotopic (exact) mass is 384 g/mol. The van der Waals surface area contributed by atoms with Gasteiger partial charge in [0.25, 0.3) is 0 Å². The van der Waals surface area contributed by atoms with E-state index in [4.69, 9.17) is 11.6 Å². The van der Waals surface area contributed by atoms with Crippen LogP contribution < -0.4 is 5.32 Å². The first-order valence-corrected chi connectivity index (χ1v) is 6.38. The lowest BCUT2D eigenvalue weighted by atomic mass is 10.0. The highest BCUT2D eigenvalue weighted by atomic mass is 35.5. The van der Waals surface area contributed by atoms with Crippen LogP contribution >= 0.6 is 36.4 Å². The van der Waals surface area contributed by atoms with Gasteiger partial charge in [-0.15, -0.1) is 24.8 Å². The molecule has 0 saturated carbocycles. The second-order valence-corrected chi connectivity index (χ2v) is 4.99. The van der Waals surface area contributed by atoms with Crippen LogP contribution in [-0.4, -0.2) is 42.4 Å². The lowest BCUT2D eigenvalue weighted by Crippen LogP contribution is -2.49. The van der Waals surface area contributed by atoms with Crippen molar-refractivity contribution in [2.75, 3.05) is 26.2 Å². The van der Waals surface area contributed by atoms with E-state index in [0.29, 0.717) is 13.1 Å². The van der Waals surface area contributed by atoms with Crippen LogP contribution in [0.1, 0.15) is 11.6 Å². The quantitative estimate of drug-likeness (QED) is 0.765. The number of phenolic OH excluding ortho intramolecular Hbond substituents is 1. The predicted octanol–water partition coefficient (Wildman–Crippen LogP) is 3.54. The van der Waals surface area contributed by atoms with Crippen LogP contribution in [0.5, 0.6) is 5.75 Å². The Morgan fingerprint density at radius 1 is 1.18 bits per heavy atom. The van der Waals surface area contributed by atoms with E-state index in [9.17, 15) is 22.7 Å². The van der Waals surface area contributed by atoms with Crippen molar-refractivity contribution in [3.05, 3.63) is 28.5 Å². The van der Waals surface area contributed by atoms with Gasteiger partial charge in [-0.1, -0.05) is 11.6 Å². The highest BCUT2D eigenvalue weighted by molar-refractivity contribution is 6.30. The normalized spacial score (nSPS) is 17.3. The van der Waals surface area contributed by atoms with E-state index in [1.165, 1.54) is 0 Å². The summed E-state index contributed by atoms with van der Waals surface area (Å²) in [6.07, 6.45) is -4.63. The Bertz CT molecular complexity index is 496. The van der Waals surface area contributed by atoms with Crippen LogP contribution in [-0.2, 0) is 0 Å². The van der Waals surface area contributed by atoms with Crippen molar-refractivity contribution in [1.29, 1.82) is 0 Å². The number of piperazine rings is 1. The van der Waals surface area contributed by atoms with Crippen molar-refractivity contribution in [3.63, 3.8) is 0 Å². The Morgan fingerprint density at radius 2 is 1.73 bits per heavy atom. The summed E-state index contributed by atoms with van der Waals surface area (Å²) in [4.78, 5) is 1.15. The molecule has 0 aliphatic carbocycles. The van der Waals surface area contributed by atoms with Gasteiger partial charge < -0.3 is 10.4 Å². The van der Waals surface area contributed by atoms with Crippen molar-refractivity contribution >= 4 is 36.4 Å². The molecule has 0 amide bonds. The minimum atomic E-state index is -4.63. The highest BCUT2D eigenvalue weighted by Gasteiger charge is 2.46. The molecule has 1 aromatic rings. The van der Waals surface area contributed by atoms with Crippen LogP contribution in [0.15, 0.2) is 12.1 Å². The van der Waals surface area contributed by atoms with Gasteiger partial charge in [0, 0.05) is 36.8 Å². The molecule has 0 spiro atoms. The highest BCUT2D eigenvalue weighted by Crippen LogP contribution is 2.43. The zero-order valence-electron chi connectivity index (χ0n) is 11.2. The van der Waals surface area contributed by atoms with Gasteiger partial charge in [0.2, 0.25) is 0 Å². The molecule has 1 fully saturated rings. The summed E-state index contributed by atoms with van der Waals surface area (Å²) in [6.45, 7) is 1.10. The van der Waals surface area contributed by atoms with E-state index >= 15 is 0 Å². The lowest BCUT2D eigenvalue weighted by Gasteiger charge is -2.36. The number of aromatic hydroxyl groups is 1. The number of phenols is 1. The summed E-state index contributed by atoms with van der Waals surface area (Å²) < 4.78 is 53.3. The zero-order chi connectivity index (χ0) is 14.9. The lowest BCUT2D eigenvalue weighted by molar-refractivity contribution is -0.188. The molecule has 2 rings (SSSR count). The van der Waals surface area contributed by atoms with Gasteiger partial charge >= 0.3 is 6.18 Å². The molecule has 10 heteroatoms. The van der Waals surface area contributed by atoms with Crippen LogP contribution in [0.4, 0.5) is 17.6 Å². The molecule has 22 heavy (non-hydrogen) atoms. The smallest absolute Gasteiger partial charge is 0.408 e. The van der Waals surface area contributed by atoms with Gasteiger partial charge in [-0.05, 0) is 12.1 Å². The Hall–Kier alpha value is -0.470. The summed E-state index contributed by atoms with van der Waals surface area (Å²) >= 11 is 5.61. The molecule has 2 N–H and O–H groups in total. The number of halogens is 7. The van der Waals surface area contributed by atoms with Crippen molar-refractivity contribution < 1.29 is 22.7 Å². The molecular weight excluding hydrogens is 370 g/mol. The maximum absolute atomic E-state index is 13.4. The van der Waals surface area contributed by atoms with Crippen molar-refractivity contribution in [1.82, 2.24) is 10.2 Å². The van der Waals surface area contributed by atoms with Gasteiger partial charge in [-0.25, -0.2) is 4.39 Å². The molecular formula is C12H15Cl3F4N2O. The number of hydrogen-bond donors (Lipinski definition) is 2. The third-order valence-corrected chi connectivity index (χ3v) is 3.40. The van der Waals surface area contributed by atoms with Gasteiger partial charge in [0.1, 0.15) is 6.04 Å². The minimum Gasteiger partial charge on any atom is -0.505 e. The standard InChI is InChI=1S/C12H13ClF4N2O.2ClH/c13-7-5-8(10(20)9(14)6-7)11(12(15,16)17)19-3-1-18-2-4-19;;/h5-6,11,18,20H,1-4H2;2*1H/t11-;;/m0../s1. The molecule has 1 saturated heterocycles. The molecule has 3 nitrogen and oxygen atoms in total. The molecule has 1 heterocycles. The van der Waals surface area contributed by atoms with E-state index in [0.717, 1.165) is 17.0 Å². The molecule has 128 valence electrons. The fourth-order valence-corrected chi connectivity index (χ4v) is 2.53. The van der Waals surface area contributed by atoms with E-state index in [1.807, 2.05) is 0 Å². The Labute approximate surface area is 142 Å². The third-order valence-electron chi connectivity index (χ3n) is 3.18. The largest absolute Gasteiger partial charge is 0.505 e. The van der Waals surface area contributed by atoms with Crippen molar-refractivity contribution in [2.45, 2.75) is 12.2 Å². The van der Waals surface area contributed by atoms with Gasteiger partial charge in [-0.2, -0.15) is 13.2 Å². The van der Waals surface area contributed by atoms with E-state index in [1.54, 1.807) is 0 Å². The van der Waals surface area contributed by atoms with Crippen molar-refractivity contribution in [2.24, 2.45) is 0 Å². The predicted molar refractivity (Wildman–Crippen MR) is 80.8 cm³/mol. The third kappa shape index (κ3) is 4.76. The first-order chi connectivity index (χ1) is 9.30. The zero-order valence-corrected chi connectivity index (χ0v) is 13.6. The number of nitrogens with one attached hydrogen (secondary N) is 1. The topological polar surface area (TPSA) is 35.5 Å². The van der Waals surface area contributed by atoms with Gasteiger partial charge in [0.15, 0.2) is 11.6 Å². The van der Waals surface area contributed by atoms with E-state index in [2.05, 4.69) is 5.32 Å². The molecule has 1 aliphatic heterocycles. The molecule has 1 aromatic carbocycles. The number of rotatable bonds is 2. The second-order valence-electron chi connectivity index (χ2n) is 4.56. The maximum atomic E-state index is 13.4. The number of hydrogen-bond acceptors (Lipinski definition) is 3. The van der Waals surface area contributed by atoms with Crippen LogP contribution in [0.2, 0.25) is 5.02 Å². The maximum Gasteiger partial charge on any atom is 0.408 e. The Balaban J connectivity index is 0.00000220. The second kappa shape index (κ2) is 8.40. The summed E-state index contributed by atoms with van der Waals surface area (Å²) in [5.41, 5.74) is -0.551. The first kappa shape index (κ1) is 21.5. The number of benzene rings is 1. The molecule has 1 atom stereocenters. The summed E-state index contributed by atoms with van der Waals surface area (Å²) in [6, 6.07) is -0.330. The summed E-state index contributed by atoms with van der Waals surface area (Å²) in [5.74, 6) is -2.16. The first-order valence-electron chi connectivity index (χ1n) is 6.00. The summed E-state index contributed by atoms with van der Waals surface area (Å²) in [7, 11) is 0. The average molecular weight is 386 g/mol. The number of nitrogens with zero attached hydrogens (tertiary/aromatic N) is 1. The molecule has 0 aromatic heterocycles. The van der Waals surface area contributed by atoms with Gasteiger partial charge in [-0.3, -0.25) is 4.90 Å². The fraction of sp³-hybridized carbons (Fsp3) is 0.500. The fourth-order valence-electron chi connectivity index (χ4n) is 2.31. The molecule has 1 aliphatic rings. The molecule has 0 unspecified atom stereocenters.